The van der Waals surface area contributed by atoms with Gasteiger partial charge in [-0.3, -0.25) is 0 Å². The lowest BCUT2D eigenvalue weighted by atomic mass is 9.84. The first-order valence-electron chi connectivity index (χ1n) is 6.73. The topological polar surface area (TPSA) is 38.8 Å². The lowest BCUT2D eigenvalue weighted by Gasteiger charge is -2.20. The number of epoxide rings is 1. The Hall–Kier alpha value is -1.09. The summed E-state index contributed by atoms with van der Waals surface area (Å²) >= 11 is 0. The fraction of sp³-hybridized carbons (Fsp3) is 0.667. The molecule has 98 valence electrons. The van der Waals surface area contributed by atoms with E-state index in [0.717, 1.165) is 25.7 Å². The minimum absolute atomic E-state index is 0.0536. The first-order chi connectivity index (χ1) is 8.49. The largest absolute Gasteiger partial charge is 0.458 e. The quantitative estimate of drug-likeness (QED) is 0.286. The van der Waals surface area contributed by atoms with Gasteiger partial charge in [0.15, 0.2) is 0 Å². The summed E-state index contributed by atoms with van der Waals surface area (Å²) < 4.78 is 11.3. The van der Waals surface area contributed by atoms with Crippen molar-refractivity contribution in [3.05, 3.63) is 23.8 Å². The number of hydrogen-bond donors (Lipinski definition) is 0. The number of esters is 1. The molecule has 3 nitrogen and oxygen atoms in total. The predicted molar refractivity (Wildman–Crippen MR) is 68.0 cm³/mol. The van der Waals surface area contributed by atoms with Gasteiger partial charge in [0.2, 0.25) is 0 Å². The smallest absolute Gasteiger partial charge is 0.334 e. The molecule has 4 atom stereocenters. The molecule has 0 spiro atoms. The minimum atomic E-state index is -0.226. The molecule has 2 heterocycles. The zero-order valence-corrected chi connectivity index (χ0v) is 11.1. The molecule has 4 unspecified atom stereocenters. The van der Waals surface area contributed by atoms with Crippen molar-refractivity contribution < 1.29 is 14.3 Å². The second-order valence-electron chi connectivity index (χ2n) is 6.02. The molecule has 0 amide bonds. The van der Waals surface area contributed by atoms with Crippen LogP contribution >= 0.6 is 0 Å². The molecule has 1 aliphatic carbocycles. The number of carbonyl (C=O) groups excluding carboxylic acids is 1. The van der Waals surface area contributed by atoms with Crippen molar-refractivity contribution in [2.45, 2.75) is 57.3 Å². The number of hydrogen-bond acceptors (Lipinski definition) is 3. The summed E-state index contributed by atoms with van der Waals surface area (Å²) in [5.74, 6) is -0.0941. The van der Waals surface area contributed by atoms with Gasteiger partial charge in [-0.2, -0.15) is 0 Å². The number of rotatable bonds is 0. The van der Waals surface area contributed by atoms with Crippen LogP contribution in [0.3, 0.4) is 0 Å². The van der Waals surface area contributed by atoms with Gasteiger partial charge in [0.05, 0.1) is 11.7 Å². The molecule has 0 bridgehead atoms. The second-order valence-corrected chi connectivity index (χ2v) is 6.02. The molecule has 3 rings (SSSR count). The van der Waals surface area contributed by atoms with Crippen molar-refractivity contribution in [2.24, 2.45) is 5.92 Å². The van der Waals surface area contributed by atoms with E-state index in [9.17, 15) is 4.79 Å². The summed E-state index contributed by atoms with van der Waals surface area (Å²) in [7, 11) is 0. The van der Waals surface area contributed by atoms with Gasteiger partial charge in [0.1, 0.15) is 6.10 Å². The Labute approximate surface area is 108 Å². The van der Waals surface area contributed by atoms with E-state index >= 15 is 0 Å². The Morgan fingerprint density at radius 1 is 1.50 bits per heavy atom. The maximum absolute atomic E-state index is 11.7. The lowest BCUT2D eigenvalue weighted by molar-refractivity contribution is -0.139. The maximum Gasteiger partial charge on any atom is 0.334 e. The third-order valence-electron chi connectivity index (χ3n) is 4.58. The Morgan fingerprint density at radius 2 is 2.28 bits per heavy atom. The van der Waals surface area contributed by atoms with E-state index in [4.69, 9.17) is 9.47 Å². The normalized spacial score (nSPS) is 46.6. The molecule has 3 heteroatoms. The van der Waals surface area contributed by atoms with Crippen molar-refractivity contribution >= 4 is 5.97 Å². The summed E-state index contributed by atoms with van der Waals surface area (Å²) in [5, 5.41) is 0. The first kappa shape index (κ1) is 12.0. The molecule has 0 aromatic rings. The molecule has 2 aliphatic heterocycles. The van der Waals surface area contributed by atoms with Gasteiger partial charge in [-0.05, 0) is 33.1 Å². The Morgan fingerprint density at radius 3 is 3.06 bits per heavy atom. The van der Waals surface area contributed by atoms with E-state index in [0.29, 0.717) is 11.7 Å². The van der Waals surface area contributed by atoms with E-state index in [1.165, 1.54) is 5.57 Å². The molecule has 2 fully saturated rings. The molecule has 3 aliphatic rings. The molecule has 0 aromatic heterocycles. The Balaban J connectivity index is 1.86. The average Bonchev–Trinajstić information content (AvgIpc) is 2.88. The van der Waals surface area contributed by atoms with Crippen LogP contribution in [0.2, 0.25) is 0 Å². The lowest BCUT2D eigenvalue weighted by Crippen LogP contribution is -2.25. The van der Waals surface area contributed by atoms with Crippen molar-refractivity contribution in [1.82, 2.24) is 0 Å². The van der Waals surface area contributed by atoms with Gasteiger partial charge >= 0.3 is 5.97 Å². The zero-order chi connectivity index (χ0) is 12.9. The Bertz CT molecular complexity index is 437. The van der Waals surface area contributed by atoms with Gasteiger partial charge < -0.3 is 9.47 Å². The number of ether oxygens (including phenoxy) is 2. The van der Waals surface area contributed by atoms with Crippen LogP contribution in [0.1, 0.15) is 39.5 Å². The van der Waals surface area contributed by atoms with E-state index in [1.54, 1.807) is 0 Å². The summed E-state index contributed by atoms with van der Waals surface area (Å²) in [4.78, 5) is 11.7. The van der Waals surface area contributed by atoms with Gasteiger partial charge in [-0.1, -0.05) is 18.2 Å². The summed E-state index contributed by atoms with van der Waals surface area (Å²) in [6, 6.07) is 0. The highest BCUT2D eigenvalue weighted by molar-refractivity contribution is 5.90. The molecule has 0 N–H and O–H groups in total. The van der Waals surface area contributed by atoms with Gasteiger partial charge in [-0.25, -0.2) is 4.79 Å². The van der Waals surface area contributed by atoms with E-state index in [1.807, 2.05) is 0 Å². The highest BCUT2D eigenvalue weighted by atomic mass is 16.6. The van der Waals surface area contributed by atoms with Crippen LogP contribution in [0.25, 0.3) is 0 Å². The molecule has 2 saturated heterocycles. The van der Waals surface area contributed by atoms with Crippen LogP contribution in [0, 0.1) is 5.92 Å². The fourth-order valence-corrected chi connectivity index (χ4v) is 3.17. The molecular formula is C15H20O3. The van der Waals surface area contributed by atoms with Crippen molar-refractivity contribution in [3.8, 4) is 0 Å². The van der Waals surface area contributed by atoms with Gasteiger partial charge in [0.25, 0.3) is 0 Å². The third-order valence-corrected chi connectivity index (χ3v) is 4.58. The monoisotopic (exact) mass is 248 g/mol. The number of fused-ring (bicyclic) bond motifs is 2. The highest BCUT2D eigenvalue weighted by Gasteiger charge is 2.55. The van der Waals surface area contributed by atoms with Crippen molar-refractivity contribution in [2.75, 3.05) is 0 Å². The minimum Gasteiger partial charge on any atom is -0.458 e. The Kier molecular flexibility index (Phi) is 2.63. The SMILES string of the molecule is C=C1C(=O)OC2CC3(C)OC3CC/C(C)=C\CC12. The average molecular weight is 248 g/mol. The van der Waals surface area contributed by atoms with Crippen LogP contribution in [0.15, 0.2) is 23.8 Å². The molecule has 0 saturated carbocycles. The van der Waals surface area contributed by atoms with Gasteiger partial charge in [-0.15, -0.1) is 0 Å². The third kappa shape index (κ3) is 1.91. The van der Waals surface area contributed by atoms with E-state index < -0.39 is 0 Å². The molecular weight excluding hydrogens is 228 g/mol. The molecule has 0 aromatic carbocycles. The van der Waals surface area contributed by atoms with Crippen LogP contribution in [-0.2, 0) is 14.3 Å². The predicted octanol–water partition coefficient (Wildman–Crippen LogP) is 2.76. The fourth-order valence-electron chi connectivity index (χ4n) is 3.17. The summed E-state index contributed by atoms with van der Waals surface area (Å²) in [5.41, 5.74) is 1.91. The van der Waals surface area contributed by atoms with Crippen LogP contribution in [0.5, 0.6) is 0 Å². The number of allylic oxidation sites excluding steroid dienone is 2. The van der Waals surface area contributed by atoms with E-state index in [-0.39, 0.29) is 23.6 Å². The first-order valence-corrected chi connectivity index (χ1v) is 6.73. The van der Waals surface area contributed by atoms with Crippen LogP contribution < -0.4 is 0 Å². The van der Waals surface area contributed by atoms with Gasteiger partial charge in [0, 0.05) is 17.9 Å². The van der Waals surface area contributed by atoms with E-state index in [2.05, 4.69) is 26.5 Å². The number of carbonyl (C=O) groups is 1. The van der Waals surface area contributed by atoms with Crippen molar-refractivity contribution in [1.29, 1.82) is 0 Å². The van der Waals surface area contributed by atoms with Crippen molar-refractivity contribution in [3.63, 3.8) is 0 Å². The molecule has 0 radical (unpaired) electrons. The zero-order valence-electron chi connectivity index (χ0n) is 11.1. The summed E-state index contributed by atoms with van der Waals surface area (Å²) in [6.45, 7) is 8.17. The maximum atomic E-state index is 11.7. The van der Waals surface area contributed by atoms with Crippen LogP contribution in [-0.4, -0.2) is 23.8 Å². The molecule has 18 heavy (non-hydrogen) atoms. The standard InChI is InChI=1S/C15H20O3/c1-9-4-6-11-10(2)14(16)17-12(11)8-15(3)13(18-15)7-5-9/h4,11-13H,2,5-8H2,1,3H3/b9-4-. The summed E-state index contributed by atoms with van der Waals surface area (Å²) in [6.07, 6.45) is 6.33. The highest BCUT2D eigenvalue weighted by Crippen LogP contribution is 2.47. The van der Waals surface area contributed by atoms with Crippen LogP contribution in [0.4, 0.5) is 0 Å². The second kappa shape index (κ2) is 3.95.